The zero-order valence-corrected chi connectivity index (χ0v) is 19.5. The zero-order chi connectivity index (χ0) is 24.4. The number of carbonyl (C=O) groups excluding carboxylic acids is 1. The fourth-order valence-corrected chi connectivity index (χ4v) is 4.15. The molecule has 180 valence electrons. The summed E-state index contributed by atoms with van der Waals surface area (Å²) < 4.78 is 17.7. The van der Waals surface area contributed by atoms with Crippen molar-refractivity contribution >= 4 is 40.1 Å². The minimum absolute atomic E-state index is 0.00325. The molecule has 3 N–H and O–H groups in total. The molecule has 5 rings (SSSR count). The van der Waals surface area contributed by atoms with Crippen LogP contribution in [0.25, 0.3) is 22.2 Å². The van der Waals surface area contributed by atoms with Crippen LogP contribution in [0.5, 0.6) is 11.5 Å². The summed E-state index contributed by atoms with van der Waals surface area (Å²) in [6.07, 6.45) is 3.52. The summed E-state index contributed by atoms with van der Waals surface area (Å²) in [4.78, 5) is 22.6. The Balaban J connectivity index is 1.57. The van der Waals surface area contributed by atoms with Crippen molar-refractivity contribution in [3.63, 3.8) is 0 Å². The molecule has 35 heavy (non-hydrogen) atoms. The number of amides is 1. The molecule has 10 nitrogen and oxygen atoms in total. The van der Waals surface area contributed by atoms with E-state index in [-0.39, 0.29) is 23.4 Å². The van der Waals surface area contributed by atoms with Gasteiger partial charge in [0.15, 0.2) is 17.1 Å². The first kappa shape index (κ1) is 22.6. The number of hydrogen-bond donors (Lipinski definition) is 2. The van der Waals surface area contributed by atoms with E-state index in [9.17, 15) is 4.79 Å². The van der Waals surface area contributed by atoms with Crippen LogP contribution < -0.4 is 20.5 Å². The van der Waals surface area contributed by atoms with Crippen molar-refractivity contribution in [2.24, 2.45) is 5.10 Å². The van der Waals surface area contributed by atoms with E-state index < -0.39 is 0 Å². The van der Waals surface area contributed by atoms with E-state index in [0.717, 1.165) is 18.4 Å². The minimum atomic E-state index is -0.340. The monoisotopic (exact) mass is 474 g/mol. The number of nitrogens with zero attached hydrogens (tertiary/aromatic N) is 4. The van der Waals surface area contributed by atoms with E-state index >= 15 is 0 Å². The van der Waals surface area contributed by atoms with Crippen LogP contribution in [0.15, 0.2) is 47.6 Å². The number of anilines is 1. The molecule has 0 unspecified atom stereocenters. The maximum atomic E-state index is 13.2. The van der Waals surface area contributed by atoms with Gasteiger partial charge >= 0.3 is 0 Å². The number of fused-ring (bicyclic) bond motifs is 2. The lowest BCUT2D eigenvalue weighted by molar-refractivity contribution is 0.0859. The minimum Gasteiger partial charge on any atom is -0.493 e. The summed E-state index contributed by atoms with van der Waals surface area (Å²) in [6.45, 7) is 1.12. The summed E-state index contributed by atoms with van der Waals surface area (Å²) in [6, 6.07) is 12.9. The average molecular weight is 475 g/mol. The number of benzene rings is 2. The Bertz CT molecular complexity index is 1420. The van der Waals surface area contributed by atoms with Gasteiger partial charge in [0.25, 0.3) is 5.91 Å². The van der Waals surface area contributed by atoms with Gasteiger partial charge < -0.3 is 25.3 Å². The Kier molecular flexibility index (Phi) is 6.19. The van der Waals surface area contributed by atoms with Crippen molar-refractivity contribution in [2.45, 2.75) is 18.9 Å². The topological polar surface area (TPSA) is 126 Å². The second-order valence-corrected chi connectivity index (χ2v) is 8.16. The number of aromatic nitrogens is 3. The van der Waals surface area contributed by atoms with Crippen LogP contribution >= 0.6 is 0 Å². The third-order valence-electron chi connectivity index (χ3n) is 5.95. The van der Waals surface area contributed by atoms with Gasteiger partial charge in [-0.15, -0.1) is 0 Å². The highest BCUT2D eigenvalue weighted by atomic mass is 16.5. The lowest BCUT2D eigenvalue weighted by atomic mass is 10.2. The van der Waals surface area contributed by atoms with Crippen molar-refractivity contribution in [1.29, 1.82) is 0 Å². The van der Waals surface area contributed by atoms with Gasteiger partial charge in [0.2, 0.25) is 0 Å². The summed E-state index contributed by atoms with van der Waals surface area (Å²) >= 11 is 0. The SMILES string of the molecule is COc1ccc(/C=N\n2c(N)c(C(=O)NC[C@@H]3CCCO3)c3nc4ccccc4nc32)cc1OC. The second kappa shape index (κ2) is 9.59. The van der Waals surface area contributed by atoms with Gasteiger partial charge in [-0.25, -0.2) is 9.97 Å². The molecule has 0 radical (unpaired) electrons. The molecule has 1 aliphatic heterocycles. The maximum absolute atomic E-state index is 13.2. The largest absolute Gasteiger partial charge is 0.493 e. The van der Waals surface area contributed by atoms with Crippen molar-refractivity contribution in [2.75, 3.05) is 33.1 Å². The van der Waals surface area contributed by atoms with Crippen LogP contribution in [0.3, 0.4) is 0 Å². The quantitative estimate of drug-likeness (QED) is 0.394. The average Bonchev–Trinajstić information content (AvgIpc) is 3.50. The van der Waals surface area contributed by atoms with Crippen molar-refractivity contribution in [3.8, 4) is 11.5 Å². The molecule has 1 aliphatic rings. The predicted octanol–water partition coefficient (Wildman–Crippen LogP) is 2.97. The summed E-state index contributed by atoms with van der Waals surface area (Å²) in [7, 11) is 3.14. The number of rotatable bonds is 7. The van der Waals surface area contributed by atoms with Crippen LogP contribution in [0.1, 0.15) is 28.8 Å². The standard InChI is InChI=1S/C25H26N6O4/c1-33-19-10-9-15(12-20(19)34-2)13-28-31-23(26)21(25(32)27-14-16-6-5-11-35-16)22-24(31)30-18-8-4-3-7-17(18)29-22/h3-4,7-10,12-13,16H,5-6,11,14,26H2,1-2H3,(H,27,32)/b28-13-/t16-/m0/s1. The molecule has 1 amide bonds. The highest BCUT2D eigenvalue weighted by Gasteiger charge is 2.25. The number of ether oxygens (including phenoxy) is 3. The fraction of sp³-hybridized carbons (Fsp3) is 0.280. The highest BCUT2D eigenvalue weighted by molar-refractivity contribution is 6.10. The van der Waals surface area contributed by atoms with Gasteiger partial charge in [0.1, 0.15) is 16.9 Å². The molecule has 2 aromatic carbocycles. The second-order valence-electron chi connectivity index (χ2n) is 8.16. The first-order chi connectivity index (χ1) is 17.1. The molecule has 0 spiro atoms. The lowest BCUT2D eigenvalue weighted by Gasteiger charge is -2.10. The number of para-hydroxylation sites is 2. The summed E-state index contributed by atoms with van der Waals surface area (Å²) in [5.74, 6) is 0.990. The Hall–Kier alpha value is -4.18. The Morgan fingerprint density at radius 3 is 2.69 bits per heavy atom. The van der Waals surface area contributed by atoms with E-state index in [1.54, 1.807) is 32.6 Å². The Morgan fingerprint density at radius 2 is 1.97 bits per heavy atom. The molecular weight excluding hydrogens is 448 g/mol. The smallest absolute Gasteiger partial charge is 0.257 e. The first-order valence-electron chi connectivity index (χ1n) is 11.3. The third-order valence-corrected chi connectivity index (χ3v) is 5.95. The van der Waals surface area contributed by atoms with Gasteiger partial charge in [0.05, 0.1) is 37.6 Å². The van der Waals surface area contributed by atoms with Crippen LogP contribution in [0, 0.1) is 0 Å². The first-order valence-corrected chi connectivity index (χ1v) is 11.3. The van der Waals surface area contributed by atoms with Crippen LogP contribution in [0.4, 0.5) is 5.82 Å². The van der Waals surface area contributed by atoms with Gasteiger partial charge in [-0.3, -0.25) is 4.79 Å². The van der Waals surface area contributed by atoms with E-state index in [1.807, 2.05) is 30.3 Å². The number of nitrogens with two attached hydrogens (primary N) is 1. The van der Waals surface area contributed by atoms with Crippen molar-refractivity contribution < 1.29 is 19.0 Å². The van der Waals surface area contributed by atoms with Crippen LogP contribution in [-0.4, -0.2) is 60.2 Å². The molecule has 0 saturated carbocycles. The van der Waals surface area contributed by atoms with E-state index in [4.69, 9.17) is 29.9 Å². The van der Waals surface area contributed by atoms with Crippen molar-refractivity contribution in [3.05, 3.63) is 53.6 Å². The molecule has 1 fully saturated rings. The molecule has 1 atom stereocenters. The van der Waals surface area contributed by atoms with Crippen LogP contribution in [0.2, 0.25) is 0 Å². The molecule has 10 heteroatoms. The van der Waals surface area contributed by atoms with E-state index in [2.05, 4.69) is 10.4 Å². The number of hydrogen-bond acceptors (Lipinski definition) is 8. The van der Waals surface area contributed by atoms with Gasteiger partial charge in [-0.05, 0) is 48.7 Å². The normalized spacial score (nSPS) is 15.8. The van der Waals surface area contributed by atoms with Crippen LogP contribution in [-0.2, 0) is 4.74 Å². The number of methoxy groups -OCH3 is 2. The van der Waals surface area contributed by atoms with E-state index in [1.165, 1.54) is 4.68 Å². The molecule has 0 aliphatic carbocycles. The molecule has 1 saturated heterocycles. The number of carbonyl (C=O) groups is 1. The van der Waals surface area contributed by atoms with Gasteiger partial charge in [0, 0.05) is 13.2 Å². The molecule has 4 aromatic rings. The summed E-state index contributed by atoms with van der Waals surface area (Å²) in [5, 5.41) is 7.48. The highest BCUT2D eigenvalue weighted by Crippen LogP contribution is 2.29. The zero-order valence-electron chi connectivity index (χ0n) is 19.5. The molecule has 2 aromatic heterocycles. The van der Waals surface area contributed by atoms with Gasteiger partial charge in [-0.1, -0.05) is 12.1 Å². The van der Waals surface area contributed by atoms with Gasteiger partial charge in [-0.2, -0.15) is 9.78 Å². The molecule has 3 heterocycles. The molecular formula is C25H26N6O4. The number of nitrogens with one attached hydrogen (secondary N) is 1. The van der Waals surface area contributed by atoms with E-state index in [0.29, 0.717) is 46.8 Å². The van der Waals surface area contributed by atoms with Crippen molar-refractivity contribution in [1.82, 2.24) is 20.0 Å². The lowest BCUT2D eigenvalue weighted by Crippen LogP contribution is -2.32. The third kappa shape index (κ3) is 4.35. The number of nitrogen functional groups attached to an aromatic ring is 1. The maximum Gasteiger partial charge on any atom is 0.257 e. The fourth-order valence-electron chi connectivity index (χ4n) is 4.15. The predicted molar refractivity (Wildman–Crippen MR) is 133 cm³/mol. The Labute approximate surface area is 201 Å². The summed E-state index contributed by atoms with van der Waals surface area (Å²) in [5.41, 5.74) is 9.56. The Morgan fingerprint density at radius 1 is 1.20 bits per heavy atom. The molecule has 0 bridgehead atoms.